The van der Waals surface area contributed by atoms with Crippen LogP contribution in [0.2, 0.25) is 5.02 Å². The number of hydrogen-bond donors (Lipinski definition) is 0. The number of nitrogens with zero attached hydrogens (tertiary/aromatic N) is 3. The first-order chi connectivity index (χ1) is 13.1. The first kappa shape index (κ1) is 19.7. The lowest BCUT2D eigenvalue weighted by Gasteiger charge is -2.36. The van der Waals surface area contributed by atoms with Crippen LogP contribution in [0.4, 0.5) is 5.69 Å². The van der Waals surface area contributed by atoms with Gasteiger partial charge in [0.25, 0.3) is 5.91 Å². The smallest absolute Gasteiger partial charge is 0.253 e. The molecule has 0 aliphatic carbocycles. The van der Waals surface area contributed by atoms with E-state index in [4.69, 9.17) is 11.6 Å². The molecule has 0 saturated carbocycles. The Bertz CT molecular complexity index is 750. The maximum atomic E-state index is 12.8. The number of rotatable bonds is 6. The van der Waals surface area contributed by atoms with E-state index < -0.39 is 0 Å². The summed E-state index contributed by atoms with van der Waals surface area (Å²) in [6.07, 6.45) is 0. The molecule has 1 aliphatic heterocycles. The van der Waals surface area contributed by atoms with Gasteiger partial charge in [-0.2, -0.15) is 0 Å². The van der Waals surface area contributed by atoms with Gasteiger partial charge >= 0.3 is 0 Å². The van der Waals surface area contributed by atoms with E-state index in [0.717, 1.165) is 49.0 Å². The van der Waals surface area contributed by atoms with Crippen LogP contribution in [-0.4, -0.2) is 55.0 Å². The van der Waals surface area contributed by atoms with Gasteiger partial charge in [-0.05, 0) is 42.9 Å². The van der Waals surface area contributed by atoms with Gasteiger partial charge in [0, 0.05) is 38.3 Å². The van der Waals surface area contributed by atoms with E-state index in [-0.39, 0.29) is 5.91 Å². The van der Waals surface area contributed by atoms with Crippen LogP contribution in [0.1, 0.15) is 29.8 Å². The molecule has 1 heterocycles. The number of anilines is 1. The topological polar surface area (TPSA) is 26.8 Å². The zero-order valence-electron chi connectivity index (χ0n) is 16.2. The second-order valence-corrected chi connectivity index (χ2v) is 7.30. The highest BCUT2D eigenvalue weighted by Gasteiger charge is 2.23. The minimum absolute atomic E-state index is 0.114. The average Bonchev–Trinajstić information content (AvgIpc) is 2.72. The van der Waals surface area contributed by atoms with Crippen LogP contribution in [0.5, 0.6) is 0 Å². The molecule has 0 atom stereocenters. The molecule has 3 rings (SSSR count). The molecule has 5 heteroatoms. The van der Waals surface area contributed by atoms with Gasteiger partial charge in [-0.15, -0.1) is 0 Å². The van der Waals surface area contributed by atoms with E-state index in [1.165, 1.54) is 5.56 Å². The van der Waals surface area contributed by atoms with Crippen molar-refractivity contribution in [2.24, 2.45) is 0 Å². The fourth-order valence-electron chi connectivity index (χ4n) is 3.50. The van der Waals surface area contributed by atoms with Gasteiger partial charge in [0.15, 0.2) is 0 Å². The third-order valence-corrected chi connectivity index (χ3v) is 5.58. The molecule has 1 fully saturated rings. The van der Waals surface area contributed by atoms with Gasteiger partial charge in [0.2, 0.25) is 0 Å². The summed E-state index contributed by atoms with van der Waals surface area (Å²) in [6, 6.07) is 16.0. The zero-order valence-corrected chi connectivity index (χ0v) is 17.0. The van der Waals surface area contributed by atoms with Crippen molar-refractivity contribution >= 4 is 23.2 Å². The number of piperazine rings is 1. The minimum Gasteiger partial charge on any atom is -0.367 e. The Morgan fingerprint density at radius 3 is 2.19 bits per heavy atom. The Kier molecular flexibility index (Phi) is 6.75. The van der Waals surface area contributed by atoms with Crippen LogP contribution in [-0.2, 0) is 6.54 Å². The summed E-state index contributed by atoms with van der Waals surface area (Å²) in [5, 5.41) is 0.765. The van der Waals surface area contributed by atoms with Crippen molar-refractivity contribution in [2.75, 3.05) is 44.2 Å². The predicted molar refractivity (Wildman–Crippen MR) is 113 cm³/mol. The molecule has 0 radical (unpaired) electrons. The Labute approximate surface area is 167 Å². The summed E-state index contributed by atoms with van der Waals surface area (Å²) in [5.74, 6) is 0.114. The van der Waals surface area contributed by atoms with Crippen molar-refractivity contribution in [3.05, 3.63) is 64.7 Å². The SMILES string of the molecule is CCN(CC)Cc1ccc(C(=O)N2CCN(c3ccccc3Cl)CC2)cc1. The van der Waals surface area contributed by atoms with E-state index in [9.17, 15) is 4.79 Å². The normalized spacial score (nSPS) is 14.7. The van der Waals surface area contributed by atoms with Crippen molar-refractivity contribution in [1.82, 2.24) is 9.80 Å². The zero-order chi connectivity index (χ0) is 19.2. The number of benzene rings is 2. The van der Waals surface area contributed by atoms with Gasteiger partial charge in [0.1, 0.15) is 0 Å². The summed E-state index contributed by atoms with van der Waals surface area (Å²) >= 11 is 6.30. The molecule has 144 valence electrons. The Balaban J connectivity index is 1.58. The van der Waals surface area contributed by atoms with E-state index in [1.807, 2.05) is 41.3 Å². The third kappa shape index (κ3) is 4.82. The van der Waals surface area contributed by atoms with Gasteiger partial charge in [-0.3, -0.25) is 9.69 Å². The van der Waals surface area contributed by atoms with Gasteiger partial charge in [-0.1, -0.05) is 49.7 Å². The number of carbonyl (C=O) groups excluding carboxylic acids is 1. The molecule has 0 bridgehead atoms. The Morgan fingerprint density at radius 2 is 1.59 bits per heavy atom. The summed E-state index contributed by atoms with van der Waals surface area (Å²) < 4.78 is 0. The van der Waals surface area contributed by atoms with E-state index in [0.29, 0.717) is 13.1 Å². The standard InChI is InChI=1S/C22H28ClN3O/c1-3-24(4-2)17-18-9-11-19(12-10-18)22(27)26-15-13-25(14-16-26)21-8-6-5-7-20(21)23/h5-12H,3-4,13-17H2,1-2H3. The van der Waals surface area contributed by atoms with Crippen molar-refractivity contribution in [2.45, 2.75) is 20.4 Å². The minimum atomic E-state index is 0.114. The van der Waals surface area contributed by atoms with Crippen LogP contribution < -0.4 is 4.90 Å². The van der Waals surface area contributed by atoms with E-state index in [1.54, 1.807) is 0 Å². The lowest BCUT2D eigenvalue weighted by molar-refractivity contribution is 0.0747. The first-order valence-electron chi connectivity index (χ1n) is 9.72. The van der Waals surface area contributed by atoms with Crippen LogP contribution in [0.25, 0.3) is 0 Å². The number of halogens is 1. The first-order valence-corrected chi connectivity index (χ1v) is 10.1. The van der Waals surface area contributed by atoms with Crippen LogP contribution >= 0.6 is 11.6 Å². The second kappa shape index (κ2) is 9.25. The predicted octanol–water partition coefficient (Wildman–Crippen LogP) is 4.14. The van der Waals surface area contributed by atoms with Gasteiger partial charge in [-0.25, -0.2) is 0 Å². The van der Waals surface area contributed by atoms with Gasteiger partial charge < -0.3 is 9.80 Å². The lowest BCUT2D eigenvalue weighted by atomic mass is 10.1. The molecule has 1 aliphatic rings. The fourth-order valence-corrected chi connectivity index (χ4v) is 3.75. The molecule has 4 nitrogen and oxygen atoms in total. The number of carbonyl (C=O) groups is 1. The van der Waals surface area contributed by atoms with Crippen molar-refractivity contribution in [3.8, 4) is 0 Å². The fraction of sp³-hybridized carbons (Fsp3) is 0.409. The molecule has 0 spiro atoms. The summed E-state index contributed by atoms with van der Waals surface area (Å²) in [4.78, 5) is 19.4. The second-order valence-electron chi connectivity index (χ2n) is 6.89. The van der Waals surface area contributed by atoms with E-state index >= 15 is 0 Å². The number of para-hydroxylation sites is 1. The van der Waals surface area contributed by atoms with Crippen molar-refractivity contribution in [3.63, 3.8) is 0 Å². The number of hydrogen-bond acceptors (Lipinski definition) is 3. The maximum Gasteiger partial charge on any atom is 0.253 e. The van der Waals surface area contributed by atoms with Crippen LogP contribution in [0.15, 0.2) is 48.5 Å². The molecule has 1 amide bonds. The Hall–Kier alpha value is -2.04. The molecular formula is C22H28ClN3O. The van der Waals surface area contributed by atoms with Crippen LogP contribution in [0, 0.1) is 0 Å². The monoisotopic (exact) mass is 385 g/mol. The average molecular weight is 386 g/mol. The number of amides is 1. The van der Waals surface area contributed by atoms with Crippen molar-refractivity contribution in [1.29, 1.82) is 0 Å². The molecule has 1 saturated heterocycles. The van der Waals surface area contributed by atoms with Gasteiger partial charge in [0.05, 0.1) is 10.7 Å². The molecule has 2 aromatic rings. The highest BCUT2D eigenvalue weighted by molar-refractivity contribution is 6.33. The quantitative estimate of drug-likeness (QED) is 0.747. The molecule has 0 unspecified atom stereocenters. The maximum absolute atomic E-state index is 12.8. The Morgan fingerprint density at radius 1 is 0.963 bits per heavy atom. The molecule has 0 aromatic heterocycles. The highest BCUT2D eigenvalue weighted by Crippen LogP contribution is 2.26. The molecule has 0 N–H and O–H groups in total. The molecule has 27 heavy (non-hydrogen) atoms. The summed E-state index contributed by atoms with van der Waals surface area (Å²) in [6.45, 7) is 10.4. The highest BCUT2D eigenvalue weighted by atomic mass is 35.5. The molecular weight excluding hydrogens is 358 g/mol. The summed E-state index contributed by atoms with van der Waals surface area (Å²) in [7, 11) is 0. The third-order valence-electron chi connectivity index (χ3n) is 5.26. The molecule has 2 aromatic carbocycles. The summed E-state index contributed by atoms with van der Waals surface area (Å²) in [5.41, 5.74) is 3.07. The van der Waals surface area contributed by atoms with E-state index in [2.05, 4.69) is 35.8 Å². The van der Waals surface area contributed by atoms with Crippen LogP contribution in [0.3, 0.4) is 0 Å². The largest absolute Gasteiger partial charge is 0.367 e. The lowest BCUT2D eigenvalue weighted by Crippen LogP contribution is -2.48. The van der Waals surface area contributed by atoms with Crippen molar-refractivity contribution < 1.29 is 4.79 Å².